The van der Waals surface area contributed by atoms with Crippen LogP contribution >= 0.6 is 11.6 Å². The quantitative estimate of drug-likeness (QED) is 0.722. The molecule has 0 aliphatic heterocycles. The Morgan fingerprint density at radius 1 is 0.905 bits per heavy atom. The van der Waals surface area contributed by atoms with Gasteiger partial charge >= 0.3 is 0 Å². The number of para-hydroxylation sites is 1. The van der Waals surface area contributed by atoms with Crippen molar-refractivity contribution in [2.75, 3.05) is 37.0 Å². The lowest BCUT2D eigenvalue weighted by Gasteiger charge is -2.26. The van der Waals surface area contributed by atoms with Gasteiger partial charge in [-0.1, -0.05) is 30.3 Å². The average Bonchev–Trinajstić information content (AvgIpc) is 2.53. The van der Waals surface area contributed by atoms with Crippen LogP contribution in [0.2, 0.25) is 0 Å². The van der Waals surface area contributed by atoms with Crippen LogP contribution < -0.4 is 9.80 Å². The first kappa shape index (κ1) is 15.7. The molecule has 0 radical (unpaired) electrons. The maximum absolute atomic E-state index is 6.61. The van der Waals surface area contributed by atoms with Crippen LogP contribution in [0.15, 0.2) is 54.6 Å². The molecule has 2 nitrogen and oxygen atoms in total. The van der Waals surface area contributed by atoms with E-state index in [-0.39, 0.29) is 5.38 Å². The molecule has 0 aliphatic rings. The van der Waals surface area contributed by atoms with Crippen molar-refractivity contribution in [2.45, 2.75) is 12.3 Å². The summed E-state index contributed by atoms with van der Waals surface area (Å²) in [5.41, 5.74) is 3.57. The van der Waals surface area contributed by atoms with E-state index < -0.39 is 0 Å². The molecule has 0 N–H and O–H groups in total. The summed E-state index contributed by atoms with van der Waals surface area (Å²) in [6.07, 6.45) is 0. The summed E-state index contributed by atoms with van der Waals surface area (Å²) in [7, 11) is 4.09. The molecule has 0 aromatic heterocycles. The highest BCUT2D eigenvalue weighted by molar-refractivity contribution is 6.21. The zero-order valence-corrected chi connectivity index (χ0v) is 13.7. The minimum absolute atomic E-state index is 0.0126. The normalized spacial score (nSPS) is 12.0. The highest BCUT2D eigenvalue weighted by Crippen LogP contribution is 2.26. The van der Waals surface area contributed by atoms with Gasteiger partial charge in [0.15, 0.2) is 0 Å². The van der Waals surface area contributed by atoms with Crippen molar-refractivity contribution in [1.82, 2.24) is 0 Å². The van der Waals surface area contributed by atoms with Gasteiger partial charge in [-0.3, -0.25) is 0 Å². The lowest BCUT2D eigenvalue weighted by Crippen LogP contribution is -2.26. The molecule has 0 aliphatic carbocycles. The summed E-state index contributed by atoms with van der Waals surface area (Å²) >= 11 is 6.61. The van der Waals surface area contributed by atoms with Crippen molar-refractivity contribution in [2.24, 2.45) is 0 Å². The topological polar surface area (TPSA) is 6.48 Å². The number of rotatable bonds is 6. The lowest BCUT2D eigenvalue weighted by molar-refractivity contribution is 0.791. The van der Waals surface area contributed by atoms with Gasteiger partial charge in [-0.15, -0.1) is 11.6 Å². The number of anilines is 2. The standard InChI is InChI=1S/C18H23ClN2/c1-4-21(17-8-6-5-7-9-17)14-18(19)15-10-12-16(13-11-15)20(2)3/h5-13,18H,4,14H2,1-3H3. The van der Waals surface area contributed by atoms with Crippen LogP contribution in [0.5, 0.6) is 0 Å². The third-order valence-electron chi connectivity index (χ3n) is 3.65. The summed E-state index contributed by atoms with van der Waals surface area (Å²) < 4.78 is 0. The second-order valence-electron chi connectivity index (χ2n) is 5.33. The van der Waals surface area contributed by atoms with Gasteiger partial charge in [0.2, 0.25) is 0 Å². The summed E-state index contributed by atoms with van der Waals surface area (Å²) in [6, 6.07) is 18.9. The molecule has 3 heteroatoms. The van der Waals surface area contributed by atoms with Gasteiger partial charge in [-0.2, -0.15) is 0 Å². The number of nitrogens with zero attached hydrogens (tertiary/aromatic N) is 2. The van der Waals surface area contributed by atoms with E-state index in [1.165, 1.54) is 11.4 Å². The molecule has 0 fully saturated rings. The Kier molecular flexibility index (Phi) is 5.51. The second-order valence-corrected chi connectivity index (χ2v) is 5.85. The molecule has 2 aromatic rings. The fourth-order valence-electron chi connectivity index (χ4n) is 2.34. The average molecular weight is 303 g/mol. The van der Waals surface area contributed by atoms with E-state index in [0.717, 1.165) is 18.7 Å². The Balaban J connectivity index is 2.07. The summed E-state index contributed by atoms with van der Waals surface area (Å²) in [6.45, 7) is 3.91. The number of halogens is 1. The fourth-order valence-corrected chi connectivity index (χ4v) is 2.65. The van der Waals surface area contributed by atoms with Crippen LogP contribution in [0.1, 0.15) is 17.9 Å². The van der Waals surface area contributed by atoms with E-state index in [1.54, 1.807) is 0 Å². The first-order chi connectivity index (χ1) is 10.1. The summed E-state index contributed by atoms with van der Waals surface area (Å²) in [4.78, 5) is 4.40. The maximum Gasteiger partial charge on any atom is 0.0760 e. The van der Waals surface area contributed by atoms with Gasteiger partial charge in [-0.25, -0.2) is 0 Å². The molecular formula is C18H23ClN2. The first-order valence-electron chi connectivity index (χ1n) is 7.33. The molecule has 0 spiro atoms. The van der Waals surface area contributed by atoms with Crippen LogP contribution in [-0.4, -0.2) is 27.2 Å². The fraction of sp³-hybridized carbons (Fsp3) is 0.333. The highest BCUT2D eigenvalue weighted by atomic mass is 35.5. The third-order valence-corrected chi connectivity index (χ3v) is 4.04. The number of hydrogen-bond donors (Lipinski definition) is 0. The predicted molar refractivity (Wildman–Crippen MR) is 93.7 cm³/mol. The number of hydrogen-bond acceptors (Lipinski definition) is 2. The largest absolute Gasteiger partial charge is 0.378 e. The smallest absolute Gasteiger partial charge is 0.0760 e. The molecule has 1 unspecified atom stereocenters. The molecule has 21 heavy (non-hydrogen) atoms. The second kappa shape index (κ2) is 7.37. The van der Waals surface area contributed by atoms with E-state index in [0.29, 0.717) is 0 Å². The Hall–Kier alpha value is -1.67. The molecule has 0 heterocycles. The molecule has 1 atom stereocenters. The predicted octanol–water partition coefficient (Wildman–Crippen LogP) is 4.56. The zero-order valence-electron chi connectivity index (χ0n) is 13.0. The molecule has 0 bridgehead atoms. The maximum atomic E-state index is 6.61. The molecule has 2 aromatic carbocycles. The SMILES string of the molecule is CCN(CC(Cl)c1ccc(N(C)C)cc1)c1ccccc1. The van der Waals surface area contributed by atoms with Crippen molar-refractivity contribution in [1.29, 1.82) is 0 Å². The first-order valence-corrected chi connectivity index (χ1v) is 7.76. The summed E-state index contributed by atoms with van der Waals surface area (Å²) in [5, 5.41) is -0.0126. The Morgan fingerprint density at radius 2 is 1.52 bits per heavy atom. The Morgan fingerprint density at radius 3 is 2.05 bits per heavy atom. The van der Waals surface area contributed by atoms with E-state index in [1.807, 2.05) is 20.2 Å². The van der Waals surface area contributed by atoms with E-state index in [9.17, 15) is 0 Å². The molecule has 0 amide bonds. The number of alkyl halides is 1. The van der Waals surface area contributed by atoms with Gasteiger partial charge in [0.05, 0.1) is 5.38 Å². The van der Waals surface area contributed by atoms with Crippen LogP contribution in [0.4, 0.5) is 11.4 Å². The van der Waals surface area contributed by atoms with Crippen LogP contribution in [0, 0.1) is 0 Å². The minimum atomic E-state index is -0.0126. The van der Waals surface area contributed by atoms with Crippen molar-refractivity contribution in [3.05, 3.63) is 60.2 Å². The van der Waals surface area contributed by atoms with Gasteiger partial charge in [0.25, 0.3) is 0 Å². The third kappa shape index (κ3) is 4.15. The highest BCUT2D eigenvalue weighted by Gasteiger charge is 2.13. The Bertz CT molecular complexity index is 537. The Labute approximate surface area is 133 Å². The lowest BCUT2D eigenvalue weighted by atomic mass is 10.1. The minimum Gasteiger partial charge on any atom is -0.378 e. The van der Waals surface area contributed by atoms with Gasteiger partial charge < -0.3 is 9.80 Å². The molecule has 2 rings (SSSR count). The van der Waals surface area contributed by atoms with Crippen molar-refractivity contribution in [3.63, 3.8) is 0 Å². The molecular weight excluding hydrogens is 280 g/mol. The monoisotopic (exact) mass is 302 g/mol. The molecule has 0 saturated heterocycles. The van der Waals surface area contributed by atoms with Crippen molar-refractivity contribution >= 4 is 23.0 Å². The molecule has 0 saturated carbocycles. The zero-order chi connectivity index (χ0) is 15.2. The molecule has 112 valence electrons. The van der Waals surface area contributed by atoms with E-state index in [4.69, 9.17) is 11.6 Å². The van der Waals surface area contributed by atoms with Crippen LogP contribution in [0.3, 0.4) is 0 Å². The summed E-state index contributed by atoms with van der Waals surface area (Å²) in [5.74, 6) is 0. The number of likely N-dealkylation sites (N-methyl/N-ethyl adjacent to an activating group) is 1. The van der Waals surface area contributed by atoms with Crippen molar-refractivity contribution < 1.29 is 0 Å². The number of benzene rings is 2. The van der Waals surface area contributed by atoms with Gasteiger partial charge in [0, 0.05) is 38.6 Å². The van der Waals surface area contributed by atoms with Crippen molar-refractivity contribution in [3.8, 4) is 0 Å². The van der Waals surface area contributed by atoms with E-state index in [2.05, 4.69) is 65.3 Å². The van der Waals surface area contributed by atoms with E-state index >= 15 is 0 Å². The van der Waals surface area contributed by atoms with Crippen LogP contribution in [0.25, 0.3) is 0 Å². The van der Waals surface area contributed by atoms with Crippen LogP contribution in [-0.2, 0) is 0 Å². The van der Waals surface area contributed by atoms with Gasteiger partial charge in [-0.05, 0) is 36.8 Å². The van der Waals surface area contributed by atoms with Gasteiger partial charge in [0.1, 0.15) is 0 Å².